The molecule has 0 unspecified atom stereocenters. The van der Waals surface area contributed by atoms with E-state index in [4.69, 9.17) is 18.6 Å². The maximum atomic E-state index is 12.0. The molecule has 0 radical (unpaired) electrons. The van der Waals surface area contributed by atoms with Gasteiger partial charge in [-0.2, -0.15) is 0 Å². The third-order valence-corrected chi connectivity index (χ3v) is 10.5. The maximum Gasteiger partial charge on any atom is 0.306 e. The topological polar surface area (TPSA) is 74.2 Å². The van der Waals surface area contributed by atoms with Crippen molar-refractivity contribution in [2.45, 2.75) is 96.3 Å². The Morgan fingerprint density at radius 3 is 2.16 bits per heavy atom. The largest absolute Gasteiger partial charge is 0.469 e. The van der Waals surface area contributed by atoms with Gasteiger partial charge in [-0.25, -0.2) is 0 Å². The Bertz CT molecular complexity index is 526. The number of fused-ring (bicyclic) bond motifs is 1. The van der Waals surface area contributed by atoms with Crippen LogP contribution in [0, 0.1) is 5.41 Å². The molecule has 1 aliphatic carbocycles. The summed E-state index contributed by atoms with van der Waals surface area (Å²) in [5, 5.41) is 11.0. The quantitative estimate of drug-likeness (QED) is 0.602. The van der Waals surface area contributed by atoms with Gasteiger partial charge in [0.05, 0.1) is 25.7 Å². The minimum absolute atomic E-state index is 0.00278. The second kappa shape index (κ2) is 6.30. The standard InChI is InChI=1S/C18H34O6Si/c1-16(2,3)25(8,9)24-15-13-12(22-17(4,5)23-13)14(20)18(15,6)10-11(19)21-7/h12-15,20H,10H2,1-9H3/t12-,13+,14+,15-,18-/m1/s1. The van der Waals surface area contributed by atoms with E-state index < -0.39 is 43.9 Å². The molecule has 1 saturated carbocycles. The van der Waals surface area contributed by atoms with E-state index in [1.54, 1.807) is 0 Å². The first-order valence-electron chi connectivity index (χ1n) is 8.93. The molecule has 0 aromatic heterocycles. The lowest BCUT2D eigenvalue weighted by atomic mass is 9.80. The summed E-state index contributed by atoms with van der Waals surface area (Å²) in [4.78, 5) is 12.0. The molecule has 2 aliphatic rings. The monoisotopic (exact) mass is 374 g/mol. The van der Waals surface area contributed by atoms with Gasteiger partial charge in [0.25, 0.3) is 0 Å². The fourth-order valence-corrected chi connectivity index (χ4v) is 4.89. The Morgan fingerprint density at radius 2 is 1.68 bits per heavy atom. The summed E-state index contributed by atoms with van der Waals surface area (Å²) in [6, 6.07) is 0. The lowest BCUT2D eigenvalue weighted by molar-refractivity contribution is -0.194. The zero-order chi connectivity index (χ0) is 19.4. The van der Waals surface area contributed by atoms with E-state index in [9.17, 15) is 9.90 Å². The molecule has 7 heteroatoms. The first-order chi connectivity index (χ1) is 11.1. The van der Waals surface area contributed by atoms with Crippen molar-refractivity contribution in [3.05, 3.63) is 0 Å². The molecule has 0 spiro atoms. The number of carbonyl (C=O) groups excluding carboxylic acids is 1. The fraction of sp³-hybridized carbons (Fsp3) is 0.944. The van der Waals surface area contributed by atoms with Gasteiger partial charge in [0.1, 0.15) is 12.2 Å². The number of ether oxygens (including phenoxy) is 3. The first kappa shape index (κ1) is 20.8. The second-order valence-corrected chi connectivity index (χ2v) is 14.3. The van der Waals surface area contributed by atoms with E-state index in [-0.39, 0.29) is 17.4 Å². The summed E-state index contributed by atoms with van der Waals surface area (Å²) in [7, 11) is -0.800. The number of rotatable bonds is 4. The average Bonchev–Trinajstić information content (AvgIpc) is 2.84. The van der Waals surface area contributed by atoms with Crippen molar-refractivity contribution >= 4 is 14.3 Å². The van der Waals surface area contributed by atoms with E-state index in [1.165, 1.54) is 7.11 Å². The van der Waals surface area contributed by atoms with Crippen LogP contribution in [0.15, 0.2) is 0 Å². The number of esters is 1. The molecule has 0 aromatic rings. The van der Waals surface area contributed by atoms with E-state index in [0.29, 0.717) is 0 Å². The van der Waals surface area contributed by atoms with Gasteiger partial charge in [-0.3, -0.25) is 4.79 Å². The van der Waals surface area contributed by atoms with E-state index in [2.05, 4.69) is 33.9 Å². The van der Waals surface area contributed by atoms with Gasteiger partial charge >= 0.3 is 5.97 Å². The number of aliphatic hydroxyl groups excluding tert-OH is 1. The van der Waals surface area contributed by atoms with Crippen LogP contribution in [0.1, 0.15) is 48.0 Å². The van der Waals surface area contributed by atoms with Gasteiger partial charge in [-0.15, -0.1) is 0 Å². The van der Waals surface area contributed by atoms with Crippen molar-refractivity contribution < 1.29 is 28.5 Å². The highest BCUT2D eigenvalue weighted by atomic mass is 28.4. The van der Waals surface area contributed by atoms with Crippen molar-refractivity contribution in [2.24, 2.45) is 5.41 Å². The van der Waals surface area contributed by atoms with Crippen molar-refractivity contribution in [3.8, 4) is 0 Å². The Labute approximate surface area is 152 Å². The van der Waals surface area contributed by atoms with Crippen LogP contribution in [0.5, 0.6) is 0 Å². The van der Waals surface area contributed by atoms with Crippen LogP contribution in [0.3, 0.4) is 0 Å². The third-order valence-electron chi connectivity index (χ3n) is 6.08. The molecule has 0 bridgehead atoms. The summed E-state index contributed by atoms with van der Waals surface area (Å²) in [6.07, 6.45) is -2.17. The highest BCUT2D eigenvalue weighted by Gasteiger charge is 2.66. The minimum Gasteiger partial charge on any atom is -0.469 e. The summed E-state index contributed by atoms with van der Waals surface area (Å²) >= 11 is 0. The van der Waals surface area contributed by atoms with Crippen LogP contribution in [-0.2, 0) is 23.4 Å². The molecule has 25 heavy (non-hydrogen) atoms. The smallest absolute Gasteiger partial charge is 0.306 e. The zero-order valence-corrected chi connectivity index (χ0v) is 18.0. The van der Waals surface area contributed by atoms with Crippen LogP contribution in [0.4, 0.5) is 0 Å². The molecule has 1 N–H and O–H groups in total. The molecule has 2 fully saturated rings. The Morgan fingerprint density at radius 1 is 1.16 bits per heavy atom. The summed E-state index contributed by atoms with van der Waals surface area (Å²) in [6.45, 7) is 16.3. The Hall–Kier alpha value is -0.473. The molecule has 1 aliphatic heterocycles. The molecule has 0 amide bonds. The number of carbonyl (C=O) groups is 1. The second-order valence-electron chi connectivity index (χ2n) is 9.57. The number of hydrogen-bond donors (Lipinski definition) is 1. The van der Waals surface area contributed by atoms with Crippen LogP contribution in [-0.4, -0.2) is 56.7 Å². The van der Waals surface area contributed by atoms with Crippen LogP contribution >= 0.6 is 0 Å². The van der Waals surface area contributed by atoms with Gasteiger partial charge in [0.15, 0.2) is 14.1 Å². The predicted octanol–water partition coefficient (Wildman–Crippen LogP) is 2.84. The molecule has 0 aromatic carbocycles. The van der Waals surface area contributed by atoms with E-state index >= 15 is 0 Å². The lowest BCUT2D eigenvalue weighted by Crippen LogP contribution is -2.52. The van der Waals surface area contributed by atoms with Crippen molar-refractivity contribution in [1.82, 2.24) is 0 Å². The Kier molecular flexibility index (Phi) is 5.25. The molecule has 2 rings (SSSR count). The van der Waals surface area contributed by atoms with Crippen LogP contribution in [0.25, 0.3) is 0 Å². The summed E-state index contributed by atoms with van der Waals surface area (Å²) in [5.74, 6) is -1.15. The van der Waals surface area contributed by atoms with Gasteiger partial charge in [-0.05, 0) is 32.0 Å². The molecule has 1 heterocycles. The van der Waals surface area contributed by atoms with Gasteiger partial charge in [0, 0.05) is 5.41 Å². The number of hydrogen-bond acceptors (Lipinski definition) is 6. The first-order valence-corrected chi connectivity index (χ1v) is 11.8. The molecule has 1 saturated heterocycles. The normalized spacial score (nSPS) is 37.8. The molecular weight excluding hydrogens is 340 g/mol. The van der Waals surface area contributed by atoms with E-state index in [0.717, 1.165) is 0 Å². The van der Waals surface area contributed by atoms with Gasteiger partial charge < -0.3 is 23.7 Å². The molecule has 5 atom stereocenters. The molecule has 146 valence electrons. The number of aliphatic hydroxyl groups is 1. The summed E-state index contributed by atoms with van der Waals surface area (Å²) in [5.41, 5.74) is -0.825. The summed E-state index contributed by atoms with van der Waals surface area (Å²) < 4.78 is 23.6. The molecular formula is C18H34O6Si. The Balaban J connectivity index is 2.40. The van der Waals surface area contributed by atoms with Gasteiger partial charge in [0.2, 0.25) is 0 Å². The zero-order valence-electron chi connectivity index (χ0n) is 17.0. The minimum atomic E-state index is -2.15. The SMILES string of the molecule is COC(=O)C[C@@]1(C)[C@H](O[Si](C)(C)C(C)(C)C)[C@H]2OC(C)(C)O[C@H]2[C@@H]1O. The predicted molar refractivity (Wildman–Crippen MR) is 96.6 cm³/mol. The van der Waals surface area contributed by atoms with E-state index in [1.807, 2.05) is 20.8 Å². The number of methoxy groups -OCH3 is 1. The fourth-order valence-electron chi connectivity index (χ4n) is 3.50. The van der Waals surface area contributed by atoms with Crippen molar-refractivity contribution in [2.75, 3.05) is 7.11 Å². The van der Waals surface area contributed by atoms with Crippen LogP contribution in [0.2, 0.25) is 18.1 Å². The average molecular weight is 375 g/mol. The maximum absolute atomic E-state index is 12.0. The van der Waals surface area contributed by atoms with Gasteiger partial charge in [-0.1, -0.05) is 27.7 Å². The van der Waals surface area contributed by atoms with Crippen molar-refractivity contribution in [3.63, 3.8) is 0 Å². The van der Waals surface area contributed by atoms with Crippen molar-refractivity contribution in [1.29, 1.82) is 0 Å². The highest BCUT2D eigenvalue weighted by molar-refractivity contribution is 6.74. The lowest BCUT2D eigenvalue weighted by Gasteiger charge is -2.44. The highest BCUT2D eigenvalue weighted by Crippen LogP contribution is 2.53. The molecule has 6 nitrogen and oxygen atoms in total. The third kappa shape index (κ3) is 3.67. The van der Waals surface area contributed by atoms with Crippen LogP contribution < -0.4 is 0 Å².